The second-order valence-corrected chi connectivity index (χ2v) is 7.45. The number of aromatic amines is 1. The van der Waals surface area contributed by atoms with E-state index in [0.29, 0.717) is 27.6 Å². The normalized spacial score (nSPS) is 11.4. The fourth-order valence-electron chi connectivity index (χ4n) is 3.01. The van der Waals surface area contributed by atoms with E-state index in [-0.39, 0.29) is 17.4 Å². The number of H-pyrrole nitrogens is 1. The molecule has 0 aliphatic heterocycles. The largest absolute Gasteiger partial charge is 0.304 e. The average molecular weight is 406 g/mol. The summed E-state index contributed by atoms with van der Waals surface area (Å²) in [4.78, 5) is 36.6. The zero-order valence-corrected chi connectivity index (χ0v) is 16.2. The van der Waals surface area contributed by atoms with E-state index < -0.39 is 0 Å². The summed E-state index contributed by atoms with van der Waals surface area (Å²) >= 11 is 1.30. The molecule has 5 aromatic rings. The highest BCUT2D eigenvalue weighted by Gasteiger charge is 2.18. The SMILES string of the molecule is Cc1cc(NC(=O)c2nc3ccccc3s2)n(-c2nc3c(cnn3C)c(=O)[nH]2)n1. The zero-order valence-electron chi connectivity index (χ0n) is 15.4. The molecule has 0 unspecified atom stereocenters. The van der Waals surface area contributed by atoms with Crippen LogP contribution in [0.1, 0.15) is 15.5 Å². The van der Waals surface area contributed by atoms with Crippen LogP contribution in [-0.2, 0) is 7.05 Å². The molecule has 0 aliphatic carbocycles. The Morgan fingerprint density at radius 1 is 1.24 bits per heavy atom. The quantitative estimate of drug-likeness (QED) is 0.472. The third-order valence-corrected chi connectivity index (χ3v) is 5.39. The van der Waals surface area contributed by atoms with Gasteiger partial charge < -0.3 is 5.32 Å². The van der Waals surface area contributed by atoms with Crippen LogP contribution >= 0.6 is 11.3 Å². The molecular formula is C18H14N8O2S. The fourth-order valence-corrected chi connectivity index (χ4v) is 3.87. The van der Waals surface area contributed by atoms with E-state index in [1.807, 2.05) is 24.3 Å². The van der Waals surface area contributed by atoms with E-state index in [1.165, 1.54) is 26.9 Å². The van der Waals surface area contributed by atoms with Crippen LogP contribution in [0.2, 0.25) is 0 Å². The highest BCUT2D eigenvalue weighted by molar-refractivity contribution is 7.20. The van der Waals surface area contributed by atoms with Crippen molar-refractivity contribution < 1.29 is 4.79 Å². The Morgan fingerprint density at radius 3 is 2.90 bits per heavy atom. The number of para-hydroxylation sites is 1. The summed E-state index contributed by atoms with van der Waals surface area (Å²) in [6, 6.07) is 9.24. The molecule has 144 valence electrons. The van der Waals surface area contributed by atoms with Gasteiger partial charge in [0.2, 0.25) is 5.95 Å². The van der Waals surface area contributed by atoms with Crippen molar-refractivity contribution in [3.05, 3.63) is 57.6 Å². The Balaban J connectivity index is 1.55. The number of fused-ring (bicyclic) bond motifs is 2. The molecule has 0 saturated carbocycles. The lowest BCUT2D eigenvalue weighted by molar-refractivity contribution is 0.102. The monoisotopic (exact) mass is 406 g/mol. The van der Waals surface area contributed by atoms with E-state index >= 15 is 0 Å². The molecule has 0 bridgehead atoms. The summed E-state index contributed by atoms with van der Waals surface area (Å²) in [5.74, 6) is 0.187. The Labute approximate surface area is 166 Å². The second-order valence-electron chi connectivity index (χ2n) is 6.42. The van der Waals surface area contributed by atoms with Gasteiger partial charge in [-0.25, -0.2) is 4.98 Å². The minimum atomic E-state index is -0.365. The van der Waals surface area contributed by atoms with Crippen LogP contribution < -0.4 is 10.9 Å². The maximum absolute atomic E-state index is 12.8. The molecule has 0 radical (unpaired) electrons. The predicted octanol–water partition coefficient (Wildman–Crippen LogP) is 2.01. The van der Waals surface area contributed by atoms with Gasteiger partial charge in [0.05, 0.1) is 22.1 Å². The number of anilines is 1. The van der Waals surface area contributed by atoms with E-state index in [2.05, 4.69) is 30.5 Å². The molecule has 0 saturated heterocycles. The fraction of sp³-hybridized carbons (Fsp3) is 0.111. The summed E-state index contributed by atoms with van der Waals surface area (Å²) < 4.78 is 3.81. The number of nitrogens with zero attached hydrogens (tertiary/aromatic N) is 6. The molecule has 4 aromatic heterocycles. The van der Waals surface area contributed by atoms with Gasteiger partial charge in [-0.3, -0.25) is 19.3 Å². The Kier molecular flexibility index (Phi) is 3.77. The molecule has 0 fully saturated rings. The first-order valence-electron chi connectivity index (χ1n) is 8.65. The number of carbonyl (C=O) groups excluding carboxylic acids is 1. The lowest BCUT2D eigenvalue weighted by Crippen LogP contribution is -2.19. The molecule has 10 nitrogen and oxygen atoms in total. The number of thiazole rings is 1. The highest BCUT2D eigenvalue weighted by atomic mass is 32.1. The van der Waals surface area contributed by atoms with E-state index in [1.54, 1.807) is 20.0 Å². The number of aromatic nitrogens is 7. The minimum Gasteiger partial charge on any atom is -0.304 e. The van der Waals surface area contributed by atoms with Crippen LogP contribution in [-0.4, -0.2) is 40.4 Å². The molecule has 1 aromatic carbocycles. The average Bonchev–Trinajstić information content (AvgIpc) is 3.39. The second kappa shape index (κ2) is 6.34. The lowest BCUT2D eigenvalue weighted by Gasteiger charge is -2.07. The van der Waals surface area contributed by atoms with E-state index in [4.69, 9.17) is 0 Å². The number of hydrogen-bond donors (Lipinski definition) is 2. The number of rotatable bonds is 3. The van der Waals surface area contributed by atoms with Crippen molar-refractivity contribution >= 4 is 44.3 Å². The number of hydrogen-bond acceptors (Lipinski definition) is 7. The first-order valence-corrected chi connectivity index (χ1v) is 9.47. The molecule has 29 heavy (non-hydrogen) atoms. The summed E-state index contributed by atoms with van der Waals surface area (Å²) in [6.45, 7) is 1.78. The molecule has 2 N–H and O–H groups in total. The van der Waals surface area contributed by atoms with E-state index in [9.17, 15) is 9.59 Å². The van der Waals surface area contributed by atoms with E-state index in [0.717, 1.165) is 10.2 Å². The molecule has 5 rings (SSSR count). The van der Waals surface area contributed by atoms with Crippen molar-refractivity contribution in [3.63, 3.8) is 0 Å². The number of aryl methyl sites for hydroxylation is 2. The number of carbonyl (C=O) groups is 1. The van der Waals surface area contributed by atoms with Crippen molar-refractivity contribution in [1.82, 2.24) is 34.5 Å². The van der Waals surface area contributed by atoms with Gasteiger partial charge in [-0.1, -0.05) is 12.1 Å². The Hall–Kier alpha value is -3.86. The third-order valence-electron chi connectivity index (χ3n) is 4.35. The smallest absolute Gasteiger partial charge is 0.285 e. The van der Waals surface area contributed by atoms with Crippen molar-refractivity contribution in [2.75, 3.05) is 5.32 Å². The summed E-state index contributed by atoms with van der Waals surface area (Å²) in [7, 11) is 1.70. The molecular weight excluding hydrogens is 392 g/mol. The molecule has 0 aliphatic rings. The lowest BCUT2D eigenvalue weighted by atomic mass is 10.3. The van der Waals surface area contributed by atoms with Gasteiger partial charge >= 0.3 is 0 Å². The maximum Gasteiger partial charge on any atom is 0.285 e. The van der Waals surface area contributed by atoms with Crippen molar-refractivity contribution in [3.8, 4) is 5.95 Å². The van der Waals surface area contributed by atoms with Crippen molar-refractivity contribution in [1.29, 1.82) is 0 Å². The number of amides is 1. The minimum absolute atomic E-state index is 0.179. The van der Waals surface area contributed by atoms with Crippen LogP contribution in [0.5, 0.6) is 0 Å². The molecule has 4 heterocycles. The standard InChI is InChI=1S/C18H14N8O2S/c1-9-7-13(21-16(28)17-20-11-5-3-4-6-12(11)29-17)26(24-9)18-22-14-10(15(27)23-18)8-19-25(14)2/h3-8H,1-2H3,(H,21,28)(H,22,23,27). The van der Waals surface area contributed by atoms with Crippen molar-refractivity contribution in [2.24, 2.45) is 7.05 Å². The van der Waals surface area contributed by atoms with Crippen LogP contribution in [0.3, 0.4) is 0 Å². The molecule has 0 atom stereocenters. The summed E-state index contributed by atoms with van der Waals surface area (Å²) in [5.41, 5.74) is 1.49. The number of benzene rings is 1. The Bertz CT molecular complexity index is 1420. The third kappa shape index (κ3) is 2.88. The first kappa shape index (κ1) is 17.3. The van der Waals surface area contributed by atoms with Crippen molar-refractivity contribution in [2.45, 2.75) is 6.92 Å². The van der Waals surface area contributed by atoms with Crippen LogP contribution in [0.25, 0.3) is 27.2 Å². The van der Waals surface area contributed by atoms with Gasteiger partial charge in [-0.2, -0.15) is 19.9 Å². The summed E-state index contributed by atoms with van der Waals surface area (Å²) in [6.07, 6.45) is 1.45. The van der Waals surface area contributed by atoms with Gasteiger partial charge in [0, 0.05) is 13.1 Å². The topological polar surface area (TPSA) is 123 Å². The van der Waals surface area contributed by atoms with Gasteiger partial charge in [-0.05, 0) is 19.1 Å². The van der Waals surface area contributed by atoms with Gasteiger partial charge in [0.15, 0.2) is 10.7 Å². The van der Waals surface area contributed by atoms with Crippen LogP contribution in [0.15, 0.2) is 41.3 Å². The number of nitrogens with one attached hydrogen (secondary N) is 2. The zero-order chi connectivity index (χ0) is 20.1. The Morgan fingerprint density at radius 2 is 2.07 bits per heavy atom. The van der Waals surface area contributed by atoms with Crippen LogP contribution in [0, 0.1) is 6.92 Å². The molecule has 1 amide bonds. The first-order chi connectivity index (χ1) is 14.0. The molecule has 0 spiro atoms. The van der Waals surface area contributed by atoms with Gasteiger partial charge in [0.25, 0.3) is 11.5 Å². The highest BCUT2D eigenvalue weighted by Crippen LogP contribution is 2.23. The van der Waals surface area contributed by atoms with Gasteiger partial charge in [0.1, 0.15) is 11.2 Å². The summed E-state index contributed by atoms with van der Waals surface area (Å²) in [5, 5.41) is 11.9. The van der Waals surface area contributed by atoms with Crippen LogP contribution in [0.4, 0.5) is 5.82 Å². The van der Waals surface area contributed by atoms with Gasteiger partial charge in [-0.15, -0.1) is 11.3 Å². The molecule has 11 heteroatoms. The predicted molar refractivity (Wildman–Crippen MR) is 109 cm³/mol. The maximum atomic E-state index is 12.8.